The van der Waals surface area contributed by atoms with Crippen molar-refractivity contribution in [2.45, 2.75) is 4.58 Å². The molecule has 0 aromatic heterocycles. The van der Waals surface area contributed by atoms with Crippen molar-refractivity contribution in [1.29, 1.82) is 0 Å². The highest BCUT2D eigenvalue weighted by atomic mass is 32.2. The number of hydrogen-bond donors (Lipinski definition) is 1. The van der Waals surface area contributed by atoms with Gasteiger partial charge in [0.25, 0.3) is 0 Å². The zero-order valence-electron chi connectivity index (χ0n) is 4.16. The molecule has 0 amide bonds. The van der Waals surface area contributed by atoms with Crippen LogP contribution in [0.1, 0.15) is 0 Å². The first-order valence-corrected chi connectivity index (χ1v) is 4.81. The van der Waals surface area contributed by atoms with Gasteiger partial charge in [-0.05, 0) is 0 Å². The van der Waals surface area contributed by atoms with Gasteiger partial charge in [-0.3, -0.25) is 4.79 Å². The van der Waals surface area contributed by atoms with Crippen LogP contribution in [0.25, 0.3) is 0 Å². The fraction of sp³-hybridized carbons (Fsp3) is 0.750. The van der Waals surface area contributed by atoms with Crippen molar-refractivity contribution in [3.8, 4) is 0 Å². The van der Waals surface area contributed by atoms with Crippen molar-refractivity contribution >= 4 is 41.3 Å². The lowest BCUT2D eigenvalue weighted by molar-refractivity contribution is -0.109. The molecule has 1 aliphatic heterocycles. The van der Waals surface area contributed by atoms with E-state index < -0.39 is 0 Å². The van der Waals surface area contributed by atoms with Crippen LogP contribution in [0.3, 0.4) is 0 Å². The van der Waals surface area contributed by atoms with Crippen LogP contribution in [0.15, 0.2) is 0 Å². The molecule has 0 radical (unpaired) electrons. The minimum atomic E-state index is 0.0116. The van der Waals surface area contributed by atoms with Crippen LogP contribution >= 0.6 is 36.2 Å². The molecular formula is C4H6OS3. The van der Waals surface area contributed by atoms with Crippen molar-refractivity contribution in [1.82, 2.24) is 0 Å². The Morgan fingerprint density at radius 1 is 1.50 bits per heavy atom. The topological polar surface area (TPSA) is 17.1 Å². The normalized spacial score (nSPS) is 21.6. The van der Waals surface area contributed by atoms with Gasteiger partial charge >= 0.3 is 0 Å². The summed E-state index contributed by atoms with van der Waals surface area (Å²) in [4.78, 5) is 10.5. The molecule has 1 heterocycles. The third-order valence-corrected chi connectivity index (χ3v) is 4.42. The van der Waals surface area contributed by atoms with Gasteiger partial charge in [0.15, 0.2) is 0 Å². The Morgan fingerprint density at radius 3 is 2.25 bits per heavy atom. The van der Waals surface area contributed by atoms with Crippen molar-refractivity contribution in [3.05, 3.63) is 0 Å². The second-order valence-corrected chi connectivity index (χ2v) is 4.58. The quantitative estimate of drug-likeness (QED) is 0.591. The summed E-state index contributed by atoms with van der Waals surface area (Å²) >= 11 is 7.09. The first-order valence-electron chi connectivity index (χ1n) is 2.27. The first-order chi connectivity index (χ1) is 3.80. The Bertz CT molecular complexity index is 97.5. The molecule has 1 nitrogen and oxygen atoms in total. The Hall–Kier alpha value is 0.720. The van der Waals surface area contributed by atoms with Gasteiger partial charge in [-0.15, -0.1) is 36.2 Å². The summed E-state index contributed by atoms with van der Waals surface area (Å²) in [6.45, 7) is 0. The highest BCUT2D eigenvalue weighted by molar-refractivity contribution is 8.23. The molecule has 1 saturated heterocycles. The number of carbonyl (C=O) groups excluding carboxylic acids is 1. The van der Waals surface area contributed by atoms with Gasteiger partial charge in [-0.1, -0.05) is 0 Å². The van der Waals surface area contributed by atoms with E-state index in [0.29, 0.717) is 0 Å². The number of hydrogen-bond acceptors (Lipinski definition) is 3. The molecule has 0 spiro atoms. The highest BCUT2D eigenvalue weighted by Crippen LogP contribution is 2.32. The second-order valence-electron chi connectivity index (χ2n) is 1.41. The molecule has 1 aliphatic rings. The van der Waals surface area contributed by atoms with Crippen molar-refractivity contribution in [2.75, 3.05) is 11.5 Å². The molecule has 1 fully saturated rings. The monoisotopic (exact) mass is 166 g/mol. The Kier molecular flexibility index (Phi) is 2.59. The summed E-state index contributed by atoms with van der Waals surface area (Å²) in [6.07, 6.45) is 0. The van der Waals surface area contributed by atoms with E-state index in [1.807, 2.05) is 0 Å². The van der Waals surface area contributed by atoms with E-state index in [1.165, 1.54) is 0 Å². The summed E-state index contributed by atoms with van der Waals surface area (Å²) in [7, 11) is 0. The summed E-state index contributed by atoms with van der Waals surface area (Å²) < 4.78 is 0.123. The van der Waals surface area contributed by atoms with Crippen LogP contribution in [-0.4, -0.2) is 21.2 Å². The molecule has 0 aromatic rings. The van der Waals surface area contributed by atoms with Crippen molar-refractivity contribution in [3.63, 3.8) is 0 Å². The molecule has 0 aliphatic carbocycles. The average molecular weight is 166 g/mol. The van der Waals surface area contributed by atoms with E-state index in [1.54, 1.807) is 23.5 Å². The van der Waals surface area contributed by atoms with Crippen LogP contribution in [0, 0.1) is 0 Å². The van der Waals surface area contributed by atoms with Gasteiger partial charge in [-0.2, -0.15) is 0 Å². The number of thiol groups is 1. The molecule has 0 atom stereocenters. The molecule has 4 heteroatoms. The molecule has 8 heavy (non-hydrogen) atoms. The van der Waals surface area contributed by atoms with Crippen LogP contribution in [0.5, 0.6) is 0 Å². The standard InChI is InChI=1S/C4H6OS3/c5-3(6)4-7-1-2-8-4/h4H,1-2H2,(H,5,6). The Balaban J connectivity index is 2.35. The average Bonchev–Trinajstić information content (AvgIpc) is 2.12. The third-order valence-electron chi connectivity index (χ3n) is 0.823. The molecule has 1 rings (SSSR count). The van der Waals surface area contributed by atoms with Crippen LogP contribution in [0.2, 0.25) is 0 Å². The molecule has 0 N–H and O–H groups in total. The summed E-state index contributed by atoms with van der Waals surface area (Å²) in [5, 5.41) is 0.0116. The zero-order valence-corrected chi connectivity index (χ0v) is 6.69. The van der Waals surface area contributed by atoms with E-state index in [-0.39, 0.29) is 9.70 Å². The predicted octanol–water partition coefficient (Wildman–Crippen LogP) is 1.25. The van der Waals surface area contributed by atoms with Gasteiger partial charge in [0, 0.05) is 11.5 Å². The van der Waals surface area contributed by atoms with Crippen molar-refractivity contribution < 1.29 is 4.79 Å². The fourth-order valence-corrected chi connectivity index (χ4v) is 3.39. The first kappa shape index (κ1) is 6.83. The molecule has 0 bridgehead atoms. The minimum Gasteiger partial charge on any atom is -0.285 e. The highest BCUT2D eigenvalue weighted by Gasteiger charge is 2.20. The smallest absolute Gasteiger partial charge is 0.208 e. The molecule has 0 unspecified atom stereocenters. The van der Waals surface area contributed by atoms with Gasteiger partial charge in [0.05, 0.1) is 0 Å². The molecule has 46 valence electrons. The number of carbonyl (C=O) groups is 1. The summed E-state index contributed by atoms with van der Waals surface area (Å²) in [5.41, 5.74) is 0. The maximum atomic E-state index is 10.5. The lowest BCUT2D eigenvalue weighted by Gasteiger charge is -1.97. The van der Waals surface area contributed by atoms with Crippen molar-refractivity contribution in [2.24, 2.45) is 0 Å². The van der Waals surface area contributed by atoms with Gasteiger partial charge in [0.1, 0.15) is 4.58 Å². The third kappa shape index (κ3) is 1.60. The summed E-state index contributed by atoms with van der Waals surface area (Å²) in [5.74, 6) is 2.20. The van der Waals surface area contributed by atoms with Gasteiger partial charge in [-0.25, -0.2) is 0 Å². The van der Waals surface area contributed by atoms with E-state index in [0.717, 1.165) is 11.5 Å². The van der Waals surface area contributed by atoms with E-state index in [4.69, 9.17) is 0 Å². The lowest BCUT2D eigenvalue weighted by atomic mass is 10.9. The van der Waals surface area contributed by atoms with E-state index in [9.17, 15) is 4.79 Å². The molecule has 0 saturated carbocycles. The zero-order chi connectivity index (χ0) is 5.98. The van der Waals surface area contributed by atoms with Crippen LogP contribution in [-0.2, 0) is 4.79 Å². The largest absolute Gasteiger partial charge is 0.285 e. The van der Waals surface area contributed by atoms with Gasteiger partial charge in [0.2, 0.25) is 5.12 Å². The van der Waals surface area contributed by atoms with Gasteiger partial charge < -0.3 is 0 Å². The number of thioether (sulfide) groups is 2. The maximum Gasteiger partial charge on any atom is 0.208 e. The minimum absolute atomic E-state index is 0.0116. The SMILES string of the molecule is O=C(S)C1SCCS1. The van der Waals surface area contributed by atoms with E-state index in [2.05, 4.69) is 12.6 Å². The fourth-order valence-electron chi connectivity index (χ4n) is 0.501. The summed E-state index contributed by atoms with van der Waals surface area (Å²) in [6, 6.07) is 0. The lowest BCUT2D eigenvalue weighted by Crippen LogP contribution is -2.00. The Morgan fingerprint density at radius 2 is 2.00 bits per heavy atom. The van der Waals surface area contributed by atoms with E-state index >= 15 is 0 Å². The Labute approximate surface area is 62.4 Å². The predicted molar refractivity (Wildman–Crippen MR) is 42.7 cm³/mol. The van der Waals surface area contributed by atoms with Crippen LogP contribution < -0.4 is 0 Å². The molecule has 0 aromatic carbocycles. The maximum absolute atomic E-state index is 10.5. The molecular weight excluding hydrogens is 160 g/mol. The second kappa shape index (κ2) is 3.03. The number of rotatable bonds is 1. The van der Waals surface area contributed by atoms with Crippen LogP contribution in [0.4, 0.5) is 0 Å².